The van der Waals surface area contributed by atoms with E-state index < -0.39 is 11.6 Å². The van der Waals surface area contributed by atoms with Crippen LogP contribution in [0.5, 0.6) is 5.75 Å². The van der Waals surface area contributed by atoms with Crippen LogP contribution in [0.3, 0.4) is 0 Å². The lowest BCUT2D eigenvalue weighted by molar-refractivity contribution is 0.333. The van der Waals surface area contributed by atoms with Gasteiger partial charge in [0.1, 0.15) is 12.4 Å². The number of rotatable bonds is 7. The summed E-state index contributed by atoms with van der Waals surface area (Å²) < 4.78 is 49.0. The molecule has 3 aromatic carbocycles. The second-order valence-electron chi connectivity index (χ2n) is 8.50. The predicted octanol–water partition coefficient (Wildman–Crippen LogP) is 8.46. The maximum atomic E-state index is 15.0. The molecule has 0 aromatic heterocycles. The molecule has 0 aliphatic heterocycles. The molecule has 1 nitrogen and oxygen atoms in total. The Hall–Kier alpha value is -3.27. The van der Waals surface area contributed by atoms with E-state index in [4.69, 9.17) is 4.74 Å². The second-order valence-corrected chi connectivity index (χ2v) is 8.50. The van der Waals surface area contributed by atoms with Crippen LogP contribution in [-0.4, -0.2) is 6.61 Å². The van der Waals surface area contributed by atoms with Gasteiger partial charge in [-0.15, -0.1) is 6.58 Å². The van der Waals surface area contributed by atoms with Gasteiger partial charge in [0, 0.05) is 11.1 Å². The highest BCUT2D eigenvalue weighted by molar-refractivity contribution is 5.71. The molecule has 1 fully saturated rings. The number of hydrogen-bond donors (Lipinski definition) is 0. The average Bonchev–Trinajstić information content (AvgIpc) is 2.85. The van der Waals surface area contributed by atoms with Gasteiger partial charge in [-0.05, 0) is 72.4 Å². The van der Waals surface area contributed by atoms with Crippen molar-refractivity contribution < 1.29 is 17.9 Å². The monoisotopic (exact) mass is 448 g/mol. The van der Waals surface area contributed by atoms with Crippen molar-refractivity contribution in [2.24, 2.45) is 5.92 Å². The van der Waals surface area contributed by atoms with Crippen molar-refractivity contribution in [3.05, 3.63) is 103 Å². The molecule has 0 N–H and O–H groups in total. The van der Waals surface area contributed by atoms with E-state index in [2.05, 4.69) is 13.2 Å². The van der Waals surface area contributed by atoms with Gasteiger partial charge in [-0.1, -0.05) is 55.1 Å². The smallest absolute Gasteiger partial charge is 0.201 e. The molecule has 33 heavy (non-hydrogen) atoms. The highest BCUT2D eigenvalue weighted by atomic mass is 19.2. The quantitative estimate of drug-likeness (QED) is 0.329. The highest BCUT2D eigenvalue weighted by Crippen LogP contribution is 2.38. The predicted molar refractivity (Wildman–Crippen MR) is 128 cm³/mol. The zero-order valence-electron chi connectivity index (χ0n) is 18.5. The summed E-state index contributed by atoms with van der Waals surface area (Å²) in [6, 6.07) is 15.1. The van der Waals surface area contributed by atoms with E-state index in [1.54, 1.807) is 30.3 Å². The van der Waals surface area contributed by atoms with Crippen molar-refractivity contribution >= 4 is 0 Å². The molecule has 0 unspecified atom stereocenters. The van der Waals surface area contributed by atoms with E-state index in [9.17, 15) is 13.2 Å². The molecule has 1 aliphatic carbocycles. The minimum absolute atomic E-state index is 0.0881. The van der Waals surface area contributed by atoms with Crippen molar-refractivity contribution in [3.8, 4) is 28.0 Å². The molecule has 0 amide bonds. The summed E-state index contributed by atoms with van der Waals surface area (Å²) >= 11 is 0. The Bertz CT molecular complexity index is 1140. The van der Waals surface area contributed by atoms with Crippen LogP contribution in [-0.2, 0) is 0 Å². The Morgan fingerprint density at radius 1 is 0.788 bits per heavy atom. The third-order valence-electron chi connectivity index (χ3n) is 6.48. The molecule has 3 aromatic rings. The molecule has 0 atom stereocenters. The van der Waals surface area contributed by atoms with Crippen LogP contribution >= 0.6 is 0 Å². The molecular formula is C29H27F3O. The minimum atomic E-state index is -1.04. The van der Waals surface area contributed by atoms with Crippen LogP contribution in [0, 0.1) is 23.4 Å². The Kier molecular flexibility index (Phi) is 7.02. The summed E-state index contributed by atoms with van der Waals surface area (Å²) in [4.78, 5) is 0. The van der Waals surface area contributed by atoms with E-state index in [0.717, 1.165) is 31.2 Å². The molecule has 0 spiro atoms. The lowest BCUT2D eigenvalue weighted by atomic mass is 9.78. The molecule has 1 aliphatic rings. The summed E-state index contributed by atoms with van der Waals surface area (Å²) in [7, 11) is 0. The van der Waals surface area contributed by atoms with Crippen molar-refractivity contribution in [3.63, 3.8) is 0 Å². The highest BCUT2D eigenvalue weighted by Gasteiger charge is 2.22. The number of allylic oxidation sites excluding steroid dienone is 1. The molecule has 4 rings (SSSR count). The van der Waals surface area contributed by atoms with Gasteiger partial charge in [0.2, 0.25) is 5.82 Å². The minimum Gasteiger partial charge on any atom is -0.486 e. The zero-order valence-corrected chi connectivity index (χ0v) is 18.5. The fourth-order valence-electron chi connectivity index (χ4n) is 4.55. The molecule has 4 heteroatoms. The van der Waals surface area contributed by atoms with Gasteiger partial charge in [0.15, 0.2) is 11.6 Å². The lowest BCUT2D eigenvalue weighted by Crippen LogP contribution is -2.11. The van der Waals surface area contributed by atoms with Gasteiger partial charge in [-0.25, -0.2) is 8.78 Å². The van der Waals surface area contributed by atoms with Gasteiger partial charge in [-0.3, -0.25) is 0 Å². The Labute approximate surface area is 193 Å². The standard InChI is InChI=1S/C29H27F3O/c1-3-17-33-27-16-15-25(28(31)29(27)32)22-11-9-21(10-12-22)24-14-13-23(18-26(24)30)20-7-5-19(4-2)6-8-20/h3-4,9-16,18-20H,1-2,5-8,17H2. The van der Waals surface area contributed by atoms with Gasteiger partial charge >= 0.3 is 0 Å². The van der Waals surface area contributed by atoms with Crippen LogP contribution in [0.15, 0.2) is 79.9 Å². The van der Waals surface area contributed by atoms with Crippen LogP contribution in [0.4, 0.5) is 13.2 Å². The van der Waals surface area contributed by atoms with Crippen molar-refractivity contribution in [1.29, 1.82) is 0 Å². The fourth-order valence-corrected chi connectivity index (χ4v) is 4.55. The molecule has 0 heterocycles. The first-order valence-electron chi connectivity index (χ1n) is 11.3. The van der Waals surface area contributed by atoms with Gasteiger partial charge in [0.25, 0.3) is 0 Å². The van der Waals surface area contributed by atoms with Gasteiger partial charge in [-0.2, -0.15) is 4.39 Å². The third kappa shape index (κ3) is 4.90. The fraction of sp³-hybridized carbons (Fsp3) is 0.241. The average molecular weight is 449 g/mol. The lowest BCUT2D eigenvalue weighted by Gasteiger charge is -2.27. The maximum absolute atomic E-state index is 15.0. The normalized spacial score (nSPS) is 18.0. The first-order valence-corrected chi connectivity index (χ1v) is 11.3. The molecule has 170 valence electrons. The second kappa shape index (κ2) is 10.1. The molecular weight excluding hydrogens is 421 g/mol. The maximum Gasteiger partial charge on any atom is 0.201 e. The molecule has 0 saturated heterocycles. The van der Waals surface area contributed by atoms with Crippen molar-refractivity contribution in [2.45, 2.75) is 31.6 Å². The topological polar surface area (TPSA) is 9.23 Å². The number of benzene rings is 3. The largest absolute Gasteiger partial charge is 0.486 e. The van der Waals surface area contributed by atoms with Crippen LogP contribution in [0.1, 0.15) is 37.2 Å². The van der Waals surface area contributed by atoms with Crippen LogP contribution < -0.4 is 4.74 Å². The Balaban J connectivity index is 1.53. The van der Waals surface area contributed by atoms with E-state index in [0.29, 0.717) is 28.5 Å². The van der Waals surface area contributed by atoms with Gasteiger partial charge in [0.05, 0.1) is 0 Å². The van der Waals surface area contributed by atoms with Crippen LogP contribution in [0.2, 0.25) is 0 Å². The van der Waals surface area contributed by atoms with Crippen LogP contribution in [0.25, 0.3) is 22.3 Å². The summed E-state index contributed by atoms with van der Waals surface area (Å²) in [5.74, 6) is -1.50. The summed E-state index contributed by atoms with van der Waals surface area (Å²) in [6.45, 7) is 7.47. The summed E-state index contributed by atoms with van der Waals surface area (Å²) in [6.07, 6.45) is 7.76. The summed E-state index contributed by atoms with van der Waals surface area (Å²) in [5.41, 5.74) is 2.83. The summed E-state index contributed by atoms with van der Waals surface area (Å²) in [5, 5.41) is 0. The number of halogens is 3. The molecule has 1 saturated carbocycles. The third-order valence-corrected chi connectivity index (χ3v) is 6.48. The SMILES string of the molecule is C=CCOc1ccc(-c2ccc(-c3ccc(C4CCC(C=C)CC4)cc3F)cc2)c(F)c1F. The number of ether oxygens (including phenoxy) is 1. The van der Waals surface area contributed by atoms with Crippen molar-refractivity contribution in [1.82, 2.24) is 0 Å². The number of hydrogen-bond acceptors (Lipinski definition) is 1. The van der Waals surface area contributed by atoms with Crippen molar-refractivity contribution in [2.75, 3.05) is 6.61 Å². The van der Waals surface area contributed by atoms with Gasteiger partial charge < -0.3 is 4.74 Å². The zero-order chi connectivity index (χ0) is 23.4. The van der Waals surface area contributed by atoms with E-state index in [1.807, 2.05) is 18.2 Å². The Morgan fingerprint density at radius 2 is 1.42 bits per heavy atom. The first-order chi connectivity index (χ1) is 16.0. The van der Waals surface area contributed by atoms with E-state index in [-0.39, 0.29) is 23.7 Å². The molecule has 0 bridgehead atoms. The van der Waals surface area contributed by atoms with E-state index >= 15 is 0 Å². The first kappa shape index (κ1) is 22.9. The molecule has 0 radical (unpaired) electrons. The Morgan fingerprint density at radius 3 is 2.03 bits per heavy atom. The van der Waals surface area contributed by atoms with E-state index in [1.165, 1.54) is 18.2 Å².